The molecule has 0 bridgehead atoms. The molecule has 190 valence electrons. The minimum atomic E-state index is -0.742. The fourth-order valence-corrected chi connectivity index (χ4v) is 4.87. The van der Waals surface area contributed by atoms with Gasteiger partial charge in [0.05, 0.1) is 18.6 Å². The zero-order valence-corrected chi connectivity index (χ0v) is 23.1. The summed E-state index contributed by atoms with van der Waals surface area (Å²) >= 11 is 10.8. The van der Waals surface area contributed by atoms with Crippen LogP contribution in [0.1, 0.15) is 37.8 Å². The third-order valence-corrected chi connectivity index (χ3v) is 7.05. The van der Waals surface area contributed by atoms with Crippen LogP contribution in [-0.4, -0.2) is 35.7 Å². The molecular formula is C26H25BrClNO6S. The van der Waals surface area contributed by atoms with Crippen molar-refractivity contribution in [1.29, 1.82) is 0 Å². The van der Waals surface area contributed by atoms with Crippen molar-refractivity contribution in [2.45, 2.75) is 33.3 Å². The van der Waals surface area contributed by atoms with Crippen molar-refractivity contribution in [1.82, 2.24) is 0 Å². The molecule has 0 unspecified atom stereocenters. The molecule has 0 radical (unpaired) electrons. The molecular weight excluding hydrogens is 570 g/mol. The number of benzene rings is 2. The molecule has 2 aromatic carbocycles. The number of aliphatic hydroxyl groups excluding tert-OH is 1. The van der Waals surface area contributed by atoms with E-state index >= 15 is 0 Å². The lowest BCUT2D eigenvalue weighted by Crippen LogP contribution is -2.14. The number of hydrogen-bond acceptors (Lipinski definition) is 7. The van der Waals surface area contributed by atoms with Crippen LogP contribution in [0.4, 0.5) is 0 Å². The first-order valence-corrected chi connectivity index (χ1v) is 13.1. The Morgan fingerprint density at radius 3 is 2.61 bits per heavy atom. The van der Waals surface area contributed by atoms with Gasteiger partial charge in [0.1, 0.15) is 23.0 Å². The molecule has 0 fully saturated rings. The molecule has 1 N–H and O–H groups in total. The number of carbonyl (C=O) groups excluding carboxylic acids is 2. The standard InChI is InChI=1S/C26H25BrClNO6S/c1-4-8-22(30)29-25-23(26(32)34-5-2)24(31)21(36-25)12-16-11-19(33-3)20(13-17(16)27)35-14-15-9-6-7-10-18(15)28/h6-7,9-13,31H,4-5,8,14H2,1-3H3/b21-12-,29-25?. The van der Waals surface area contributed by atoms with E-state index in [0.717, 1.165) is 17.3 Å². The van der Waals surface area contributed by atoms with Gasteiger partial charge in [0.2, 0.25) is 5.91 Å². The van der Waals surface area contributed by atoms with Crippen LogP contribution in [0.15, 0.2) is 62.1 Å². The molecule has 1 aliphatic rings. The van der Waals surface area contributed by atoms with Crippen molar-refractivity contribution in [2.24, 2.45) is 4.99 Å². The number of methoxy groups -OCH3 is 1. The topological polar surface area (TPSA) is 94.4 Å². The van der Waals surface area contributed by atoms with Crippen LogP contribution in [0, 0.1) is 0 Å². The van der Waals surface area contributed by atoms with Gasteiger partial charge in [-0.05, 0) is 43.2 Å². The maximum atomic E-state index is 12.5. The Labute approximate surface area is 227 Å². The summed E-state index contributed by atoms with van der Waals surface area (Å²) < 4.78 is 17.2. The van der Waals surface area contributed by atoms with Gasteiger partial charge in [0.25, 0.3) is 0 Å². The Hall–Kier alpha value is -2.75. The molecule has 1 aliphatic heterocycles. The fraction of sp³-hybridized carbons (Fsp3) is 0.269. The van der Waals surface area contributed by atoms with Gasteiger partial charge in [0.15, 0.2) is 11.5 Å². The Morgan fingerprint density at radius 2 is 1.94 bits per heavy atom. The first-order valence-electron chi connectivity index (χ1n) is 11.1. The number of carbonyl (C=O) groups is 2. The molecule has 0 saturated heterocycles. The maximum Gasteiger partial charge on any atom is 0.344 e. The minimum Gasteiger partial charge on any atom is -0.506 e. The highest BCUT2D eigenvalue weighted by atomic mass is 79.9. The van der Waals surface area contributed by atoms with Crippen LogP contribution in [0.3, 0.4) is 0 Å². The van der Waals surface area contributed by atoms with Crippen molar-refractivity contribution < 1.29 is 28.9 Å². The molecule has 0 aromatic heterocycles. The summed E-state index contributed by atoms with van der Waals surface area (Å²) in [6.45, 7) is 3.88. The molecule has 0 aliphatic carbocycles. The van der Waals surface area contributed by atoms with Crippen LogP contribution in [-0.2, 0) is 20.9 Å². The Kier molecular flexibility index (Phi) is 10.0. The lowest BCUT2D eigenvalue weighted by atomic mass is 10.1. The van der Waals surface area contributed by atoms with Crippen molar-refractivity contribution in [2.75, 3.05) is 13.7 Å². The second-order valence-corrected chi connectivity index (χ2v) is 9.81. The molecule has 10 heteroatoms. The first kappa shape index (κ1) is 27.8. The maximum absolute atomic E-state index is 12.5. The van der Waals surface area contributed by atoms with Crippen molar-refractivity contribution in [3.8, 4) is 11.5 Å². The third-order valence-electron chi connectivity index (χ3n) is 4.97. The molecule has 7 nitrogen and oxygen atoms in total. The van der Waals surface area contributed by atoms with Crippen LogP contribution < -0.4 is 9.47 Å². The highest BCUT2D eigenvalue weighted by Gasteiger charge is 2.34. The summed E-state index contributed by atoms with van der Waals surface area (Å²) in [5.41, 5.74) is 1.35. The summed E-state index contributed by atoms with van der Waals surface area (Å²) in [4.78, 5) is 29.0. The lowest BCUT2D eigenvalue weighted by Gasteiger charge is -2.14. The van der Waals surface area contributed by atoms with E-state index in [1.807, 2.05) is 25.1 Å². The molecule has 0 atom stereocenters. The van der Waals surface area contributed by atoms with Crippen LogP contribution in [0.5, 0.6) is 11.5 Å². The molecule has 36 heavy (non-hydrogen) atoms. The molecule has 0 spiro atoms. The molecule has 0 saturated carbocycles. The summed E-state index contributed by atoms with van der Waals surface area (Å²) in [7, 11) is 1.52. The van der Waals surface area contributed by atoms with E-state index in [1.54, 1.807) is 31.2 Å². The van der Waals surface area contributed by atoms with E-state index in [9.17, 15) is 14.7 Å². The monoisotopic (exact) mass is 593 g/mol. The number of ether oxygens (including phenoxy) is 3. The van der Waals surface area contributed by atoms with Crippen molar-refractivity contribution in [3.05, 3.63) is 73.3 Å². The number of rotatable bonds is 9. The smallest absolute Gasteiger partial charge is 0.344 e. The van der Waals surface area contributed by atoms with E-state index < -0.39 is 5.97 Å². The molecule has 3 rings (SSSR count). The van der Waals surface area contributed by atoms with E-state index in [4.69, 9.17) is 25.8 Å². The quantitative estimate of drug-likeness (QED) is 0.316. The largest absolute Gasteiger partial charge is 0.506 e. The third kappa shape index (κ3) is 6.72. The molecule has 1 heterocycles. The molecule has 1 amide bonds. The number of hydrogen-bond donors (Lipinski definition) is 1. The zero-order valence-electron chi connectivity index (χ0n) is 20.0. The highest BCUT2D eigenvalue weighted by molar-refractivity contribution is 9.10. The number of aliphatic hydroxyl groups is 1. The van der Waals surface area contributed by atoms with Gasteiger partial charge >= 0.3 is 5.97 Å². The summed E-state index contributed by atoms with van der Waals surface area (Å²) in [6, 6.07) is 10.9. The van der Waals surface area contributed by atoms with E-state index in [0.29, 0.717) is 37.9 Å². The number of amides is 1. The average molecular weight is 595 g/mol. The number of halogens is 2. The van der Waals surface area contributed by atoms with Crippen LogP contribution >= 0.6 is 39.3 Å². The predicted molar refractivity (Wildman–Crippen MR) is 146 cm³/mol. The SMILES string of the molecule is CCCC(=O)N=C1S/C(=C\c2cc(OC)c(OCc3ccccc3Cl)cc2Br)C(O)=C1C(=O)OCC. The summed E-state index contributed by atoms with van der Waals surface area (Å²) in [6.07, 6.45) is 2.51. The van der Waals surface area contributed by atoms with Crippen LogP contribution in [0.2, 0.25) is 5.02 Å². The number of esters is 1. The average Bonchev–Trinajstić information content (AvgIpc) is 3.14. The Balaban J connectivity index is 1.95. The normalized spacial score (nSPS) is 15.5. The van der Waals surface area contributed by atoms with Crippen molar-refractivity contribution >= 4 is 62.3 Å². The second-order valence-electron chi connectivity index (χ2n) is 7.52. The van der Waals surface area contributed by atoms with E-state index in [1.165, 1.54) is 7.11 Å². The second kappa shape index (κ2) is 13.0. The summed E-state index contributed by atoms with van der Waals surface area (Å²) in [5.74, 6) is -0.467. The Morgan fingerprint density at radius 1 is 1.19 bits per heavy atom. The van der Waals surface area contributed by atoms with Gasteiger partial charge in [-0.1, -0.05) is 64.4 Å². The van der Waals surface area contributed by atoms with Gasteiger partial charge in [-0.2, -0.15) is 0 Å². The van der Waals surface area contributed by atoms with E-state index in [-0.39, 0.29) is 41.9 Å². The van der Waals surface area contributed by atoms with E-state index in [2.05, 4.69) is 20.9 Å². The van der Waals surface area contributed by atoms with Crippen molar-refractivity contribution in [3.63, 3.8) is 0 Å². The van der Waals surface area contributed by atoms with Gasteiger partial charge in [-0.25, -0.2) is 9.79 Å². The highest BCUT2D eigenvalue weighted by Crippen LogP contribution is 2.42. The lowest BCUT2D eigenvalue weighted by molar-refractivity contribution is -0.138. The van der Waals surface area contributed by atoms with Crippen LogP contribution in [0.25, 0.3) is 6.08 Å². The van der Waals surface area contributed by atoms with Gasteiger partial charge < -0.3 is 19.3 Å². The van der Waals surface area contributed by atoms with Gasteiger partial charge in [0, 0.05) is 21.5 Å². The first-order chi connectivity index (χ1) is 17.3. The minimum absolute atomic E-state index is 0.110. The summed E-state index contributed by atoms with van der Waals surface area (Å²) in [5, 5.41) is 11.6. The van der Waals surface area contributed by atoms with Gasteiger partial charge in [-0.15, -0.1) is 0 Å². The predicted octanol–water partition coefficient (Wildman–Crippen LogP) is 6.88. The zero-order chi connectivity index (χ0) is 26.2. The number of thioether (sulfide) groups is 1. The Bertz CT molecular complexity index is 1260. The molecule has 2 aromatic rings. The van der Waals surface area contributed by atoms with Gasteiger partial charge in [-0.3, -0.25) is 4.79 Å². The fourth-order valence-electron chi connectivity index (χ4n) is 3.22. The number of aliphatic imine (C=N–C) groups is 1. The number of nitrogens with zero attached hydrogens (tertiary/aromatic N) is 1.